The van der Waals surface area contributed by atoms with Gasteiger partial charge in [0.15, 0.2) is 0 Å². The van der Waals surface area contributed by atoms with Crippen molar-refractivity contribution in [1.29, 1.82) is 0 Å². The van der Waals surface area contributed by atoms with Gasteiger partial charge in [-0.1, -0.05) is 30.3 Å². The van der Waals surface area contributed by atoms with E-state index in [-0.39, 0.29) is 36.8 Å². The average Bonchev–Trinajstić information content (AvgIpc) is 3.47. The fraction of sp³-hybridized carbons (Fsp3) is 0.400. The van der Waals surface area contributed by atoms with E-state index in [0.29, 0.717) is 19.5 Å². The van der Waals surface area contributed by atoms with Gasteiger partial charge in [0, 0.05) is 43.9 Å². The Morgan fingerprint density at radius 1 is 0.969 bits per heavy atom. The number of para-hydroxylation sites is 1. The third kappa shape index (κ3) is 4.93. The van der Waals surface area contributed by atoms with E-state index in [1.54, 1.807) is 4.90 Å². The number of benzene rings is 2. The van der Waals surface area contributed by atoms with Crippen molar-refractivity contribution in [2.24, 2.45) is 11.8 Å². The summed E-state index contributed by atoms with van der Waals surface area (Å²) in [6.07, 6.45) is 1.56. The predicted octanol–water partition coefficient (Wildman–Crippen LogP) is 2.82. The molecule has 0 aliphatic carbocycles. The highest BCUT2D eigenvalue weighted by atomic mass is 16.5. The molecule has 0 saturated carbocycles. The first-order chi connectivity index (χ1) is 15.5. The molecule has 32 heavy (non-hydrogen) atoms. The fourth-order valence-corrected chi connectivity index (χ4v) is 4.37. The lowest BCUT2D eigenvalue weighted by molar-refractivity contribution is -0.148. The van der Waals surface area contributed by atoms with Gasteiger partial charge in [-0.25, -0.2) is 0 Å². The lowest BCUT2D eigenvalue weighted by atomic mass is 10.1. The molecule has 2 fully saturated rings. The van der Waals surface area contributed by atoms with Crippen LogP contribution in [0.15, 0.2) is 54.6 Å². The van der Waals surface area contributed by atoms with Crippen LogP contribution in [-0.2, 0) is 30.3 Å². The SMILES string of the molecule is COC(=O)C1CCN(c2cccc(CCOC(=O)C3CC(=O)N(c4ccccc4)C3)c2)C1. The fourth-order valence-electron chi connectivity index (χ4n) is 4.37. The molecule has 2 aliphatic rings. The lowest BCUT2D eigenvalue weighted by Crippen LogP contribution is -2.26. The van der Waals surface area contributed by atoms with Crippen molar-refractivity contribution >= 4 is 29.2 Å². The smallest absolute Gasteiger partial charge is 0.311 e. The standard InChI is InChI=1S/C25H28N2O5/c1-31-24(29)19-10-12-26(16-19)22-9-5-6-18(14-22)11-13-32-25(30)20-15-23(28)27(17-20)21-7-3-2-4-8-21/h2-9,14,19-20H,10-13,15-17H2,1H3. The van der Waals surface area contributed by atoms with Crippen LogP contribution in [0.1, 0.15) is 18.4 Å². The molecule has 2 aromatic carbocycles. The van der Waals surface area contributed by atoms with Crippen molar-refractivity contribution in [2.75, 3.05) is 43.2 Å². The summed E-state index contributed by atoms with van der Waals surface area (Å²) in [6.45, 7) is 2.08. The molecular formula is C25H28N2O5. The van der Waals surface area contributed by atoms with Gasteiger partial charge >= 0.3 is 11.9 Å². The van der Waals surface area contributed by atoms with Crippen LogP contribution < -0.4 is 9.80 Å². The quantitative estimate of drug-likeness (QED) is 0.622. The van der Waals surface area contributed by atoms with Crippen LogP contribution in [0.25, 0.3) is 0 Å². The van der Waals surface area contributed by atoms with E-state index < -0.39 is 5.92 Å². The Morgan fingerprint density at radius 2 is 1.75 bits per heavy atom. The molecule has 7 heteroatoms. The van der Waals surface area contributed by atoms with Crippen LogP contribution in [0.3, 0.4) is 0 Å². The van der Waals surface area contributed by atoms with E-state index in [9.17, 15) is 14.4 Å². The summed E-state index contributed by atoms with van der Waals surface area (Å²) in [5.41, 5.74) is 2.92. The third-order valence-electron chi connectivity index (χ3n) is 6.16. The van der Waals surface area contributed by atoms with E-state index in [1.807, 2.05) is 48.5 Å². The number of amides is 1. The number of anilines is 2. The van der Waals surface area contributed by atoms with Gasteiger partial charge in [0.2, 0.25) is 5.91 Å². The molecule has 0 spiro atoms. The highest BCUT2D eigenvalue weighted by molar-refractivity contribution is 5.99. The summed E-state index contributed by atoms with van der Waals surface area (Å²) in [6, 6.07) is 17.5. The Bertz CT molecular complexity index is 977. The van der Waals surface area contributed by atoms with Gasteiger partial charge in [-0.3, -0.25) is 14.4 Å². The number of rotatable bonds is 7. The Labute approximate surface area is 187 Å². The molecule has 2 heterocycles. The van der Waals surface area contributed by atoms with Crippen LogP contribution in [0.2, 0.25) is 0 Å². The van der Waals surface area contributed by atoms with E-state index in [1.165, 1.54) is 7.11 Å². The molecule has 0 bridgehead atoms. The topological polar surface area (TPSA) is 76.1 Å². The summed E-state index contributed by atoms with van der Waals surface area (Å²) < 4.78 is 10.4. The number of methoxy groups -OCH3 is 1. The molecule has 7 nitrogen and oxygen atoms in total. The summed E-state index contributed by atoms with van der Waals surface area (Å²) in [5, 5.41) is 0. The average molecular weight is 437 g/mol. The van der Waals surface area contributed by atoms with Gasteiger partial charge in [0.05, 0.1) is 25.6 Å². The van der Waals surface area contributed by atoms with Crippen LogP contribution in [0, 0.1) is 11.8 Å². The molecular weight excluding hydrogens is 408 g/mol. The third-order valence-corrected chi connectivity index (χ3v) is 6.16. The van der Waals surface area contributed by atoms with E-state index >= 15 is 0 Å². The minimum atomic E-state index is -0.436. The second-order valence-electron chi connectivity index (χ2n) is 8.28. The predicted molar refractivity (Wildman–Crippen MR) is 120 cm³/mol. The summed E-state index contributed by atoms with van der Waals surface area (Å²) in [7, 11) is 1.42. The first kappa shape index (κ1) is 21.9. The molecule has 0 aromatic heterocycles. The number of carbonyl (C=O) groups excluding carboxylic acids is 3. The first-order valence-electron chi connectivity index (χ1n) is 11.0. The number of hydrogen-bond donors (Lipinski definition) is 0. The van der Waals surface area contributed by atoms with E-state index in [0.717, 1.165) is 29.9 Å². The van der Waals surface area contributed by atoms with Gasteiger partial charge in [0.25, 0.3) is 0 Å². The summed E-state index contributed by atoms with van der Waals surface area (Å²) >= 11 is 0. The zero-order valence-electron chi connectivity index (χ0n) is 18.2. The van der Waals surface area contributed by atoms with Gasteiger partial charge < -0.3 is 19.3 Å². The van der Waals surface area contributed by atoms with Crippen LogP contribution in [-0.4, -0.2) is 51.2 Å². The van der Waals surface area contributed by atoms with E-state index in [4.69, 9.17) is 9.47 Å². The largest absolute Gasteiger partial charge is 0.469 e. The molecule has 0 N–H and O–H groups in total. The second-order valence-corrected chi connectivity index (χ2v) is 8.28. The van der Waals surface area contributed by atoms with Crippen LogP contribution in [0.4, 0.5) is 11.4 Å². The highest BCUT2D eigenvalue weighted by Crippen LogP contribution is 2.27. The maximum atomic E-state index is 12.5. The van der Waals surface area contributed by atoms with Crippen molar-refractivity contribution < 1.29 is 23.9 Å². The second kappa shape index (κ2) is 9.85. The minimum Gasteiger partial charge on any atom is -0.469 e. The monoisotopic (exact) mass is 436 g/mol. The van der Waals surface area contributed by atoms with Gasteiger partial charge in [-0.2, -0.15) is 0 Å². The van der Waals surface area contributed by atoms with Gasteiger partial charge in [-0.15, -0.1) is 0 Å². The molecule has 0 radical (unpaired) electrons. The Balaban J connectivity index is 1.27. The summed E-state index contributed by atoms with van der Waals surface area (Å²) in [5.74, 6) is -1.06. The van der Waals surface area contributed by atoms with E-state index in [2.05, 4.69) is 11.0 Å². The highest BCUT2D eigenvalue weighted by Gasteiger charge is 2.36. The molecule has 2 aliphatic heterocycles. The number of nitrogens with zero attached hydrogens (tertiary/aromatic N) is 2. The molecule has 168 valence electrons. The molecule has 1 amide bonds. The Morgan fingerprint density at radius 3 is 2.53 bits per heavy atom. The van der Waals surface area contributed by atoms with Gasteiger partial charge in [0.1, 0.15) is 0 Å². The molecule has 4 rings (SSSR count). The zero-order chi connectivity index (χ0) is 22.5. The number of carbonyl (C=O) groups is 3. The molecule has 2 atom stereocenters. The van der Waals surface area contributed by atoms with Crippen molar-refractivity contribution in [1.82, 2.24) is 0 Å². The van der Waals surface area contributed by atoms with Gasteiger partial charge in [-0.05, 0) is 36.2 Å². The molecule has 2 saturated heterocycles. The van der Waals surface area contributed by atoms with Crippen LogP contribution >= 0.6 is 0 Å². The van der Waals surface area contributed by atoms with Crippen molar-refractivity contribution in [3.63, 3.8) is 0 Å². The Hall–Kier alpha value is -3.35. The maximum Gasteiger partial charge on any atom is 0.311 e. The summed E-state index contributed by atoms with van der Waals surface area (Å²) in [4.78, 5) is 40.4. The normalized spacial score (nSPS) is 20.5. The van der Waals surface area contributed by atoms with Crippen molar-refractivity contribution in [3.8, 4) is 0 Å². The maximum absolute atomic E-state index is 12.5. The number of esters is 2. The number of hydrogen-bond acceptors (Lipinski definition) is 6. The zero-order valence-corrected chi connectivity index (χ0v) is 18.2. The minimum absolute atomic E-state index is 0.0540. The van der Waals surface area contributed by atoms with Crippen LogP contribution in [0.5, 0.6) is 0 Å². The molecule has 2 aromatic rings. The van der Waals surface area contributed by atoms with Crippen molar-refractivity contribution in [2.45, 2.75) is 19.3 Å². The van der Waals surface area contributed by atoms with Crippen molar-refractivity contribution in [3.05, 3.63) is 60.2 Å². The molecule has 2 unspecified atom stereocenters. The number of ether oxygens (including phenoxy) is 2. The Kier molecular flexibility index (Phi) is 6.73. The lowest BCUT2D eigenvalue weighted by Gasteiger charge is -2.19. The first-order valence-corrected chi connectivity index (χ1v) is 11.0.